The van der Waals surface area contributed by atoms with Gasteiger partial charge in [0, 0.05) is 153 Å². The maximum absolute atomic E-state index is 3.87. The zero-order valence-corrected chi connectivity index (χ0v) is 72.6. The van der Waals surface area contributed by atoms with Crippen molar-refractivity contribution in [1.82, 2.24) is 35.2 Å². The molecule has 0 bridgehead atoms. The number of hydrogen-bond acceptors (Lipinski definition) is 0. The molecule has 130 heavy (non-hydrogen) atoms. The monoisotopic (exact) mass is 1690 g/mol. The molecule has 28 aromatic rings. The highest BCUT2D eigenvalue weighted by molar-refractivity contribution is 7.02. The highest BCUT2D eigenvalue weighted by Crippen LogP contribution is 2.47. The van der Waals surface area contributed by atoms with Crippen LogP contribution in [0.25, 0.3) is 208 Å². The summed E-state index contributed by atoms with van der Waals surface area (Å²) in [5, 5.41) is 24.5. The van der Waals surface area contributed by atoms with Crippen LogP contribution in [0.3, 0.4) is 0 Å². The van der Waals surface area contributed by atoms with Gasteiger partial charge in [-0.1, -0.05) is 328 Å². The molecule has 8 nitrogen and oxygen atoms in total. The van der Waals surface area contributed by atoms with Crippen molar-refractivity contribution < 1.29 is 0 Å². The third-order valence-electron chi connectivity index (χ3n) is 28.5. The Morgan fingerprint density at radius 1 is 0.131 bits per heavy atom. The highest BCUT2D eigenvalue weighted by Gasteiger charge is 2.50. The molecule has 8 aromatic heterocycles. The summed E-state index contributed by atoms with van der Waals surface area (Å²) in [5.74, 6) is 0. The maximum Gasteiger partial charge on any atom is 0.340 e. The first-order valence-electron chi connectivity index (χ1n) is 45.0. The molecule has 0 saturated carbocycles. The van der Waals surface area contributed by atoms with Gasteiger partial charge in [-0.15, -0.1) is 0 Å². The molecule has 20 aromatic carbocycles. The molecule has 28 rings (SSSR count). The van der Waals surface area contributed by atoms with Crippen LogP contribution in [0.1, 0.15) is 0 Å². The van der Waals surface area contributed by atoms with Crippen LogP contribution in [0, 0.1) is 0 Å². The number of hydrogen-bond donors (Lipinski definition) is 0. The average Bonchev–Trinajstić information content (AvgIpc) is 1.51. The number of rotatable bonds is 13. The summed E-state index contributed by atoms with van der Waals surface area (Å²) in [5.41, 5.74) is 25.5. The zero-order valence-electron chi connectivity index (χ0n) is 70.6. The second-order valence-electron chi connectivity index (χ2n) is 34.9. The Balaban J connectivity index is 0.652. The summed E-state index contributed by atoms with van der Waals surface area (Å²) in [7, 11) is -7.29. The highest BCUT2D eigenvalue weighted by atomic mass is 28.4. The SMILES string of the molecule is c1ccc([Si](c2ccccc2)(n2c3ccccc3c3ccccc32)n2c3ccccc3c3cc(-n4c5ccccc5c5cc(-n6c7ccccc7c7c(-c8cccc([Si](c9ccccc9)(n9c%10ccccc%10c%10cc(-n%11c%12ccccc%12c%12ccccc%12%11)ccc%109)n9c%10ccccc%10c%10cc(-n%11c%12ccccc%12c%12ccccc%12%11)ccc%109)c8)cccc76)ccc54)ccc32)cc1. The van der Waals surface area contributed by atoms with E-state index in [9.17, 15) is 0 Å². The maximum atomic E-state index is 2.84. The predicted molar refractivity (Wildman–Crippen MR) is 552 cm³/mol. The summed E-state index contributed by atoms with van der Waals surface area (Å²) in [6.45, 7) is 0. The third-order valence-corrected chi connectivity index (χ3v) is 37.5. The summed E-state index contributed by atoms with van der Waals surface area (Å²) in [4.78, 5) is 0. The minimum Gasteiger partial charge on any atom is -0.342 e. The van der Waals surface area contributed by atoms with Crippen molar-refractivity contribution in [2.75, 3.05) is 0 Å². The van der Waals surface area contributed by atoms with Crippen molar-refractivity contribution in [3.63, 3.8) is 0 Å². The fourth-order valence-corrected chi connectivity index (χ4v) is 33.6. The van der Waals surface area contributed by atoms with Crippen LogP contribution in [-0.2, 0) is 0 Å². The fourth-order valence-electron chi connectivity index (χ4n) is 23.4. The normalized spacial score (nSPS) is 12.5. The standard InChI is InChI=1S/C120H78N8Si2/c1-4-35-84(36-5-1)129(85-37-6-2-7-38-85,125-111-60-27-15-46-93(111)94-47-16-28-61-112(94)125)126-113-62-29-17-49-96(113)101-78-82(69-71-116(101)126)123-108-58-25-14-48-95(108)100-75-83(66-70-110(100)123)124-109-59-26-20-52-99(109)120-88(53-33-65-119(120)124)79-34-32-41-87(74-79)130(86-39-8-3-9-40-86,127-114-63-30-18-50-97(114)102-76-80(67-72-117(102)127)121-104-54-21-10-42-89(104)90-43-11-22-55-105(90)121)128-115-64-31-19-51-98(115)103-77-81(68-73-118(103)128)122-106-56-23-12-44-91(106)92-45-13-24-57-107(92)122/h1-78H. The predicted octanol–water partition coefficient (Wildman–Crippen LogP) is 27.5. The van der Waals surface area contributed by atoms with Crippen molar-refractivity contribution in [2.45, 2.75) is 0 Å². The van der Waals surface area contributed by atoms with Crippen LogP contribution >= 0.6 is 0 Å². The molecule has 0 aliphatic carbocycles. The molecule has 0 spiro atoms. The smallest absolute Gasteiger partial charge is 0.340 e. The minimum absolute atomic E-state index is 1.09. The van der Waals surface area contributed by atoms with E-state index in [-0.39, 0.29) is 0 Å². The molecule has 0 atom stereocenters. The van der Waals surface area contributed by atoms with Gasteiger partial charge in [0.15, 0.2) is 0 Å². The van der Waals surface area contributed by atoms with Crippen molar-refractivity contribution in [3.8, 4) is 33.9 Å². The lowest BCUT2D eigenvalue weighted by Gasteiger charge is -2.38. The Morgan fingerprint density at radius 2 is 0.338 bits per heavy atom. The Labute approximate surface area is 748 Å². The van der Waals surface area contributed by atoms with E-state index in [0.717, 1.165) is 61.4 Å². The van der Waals surface area contributed by atoms with E-state index in [1.807, 2.05) is 0 Å². The second-order valence-corrected chi connectivity index (χ2v) is 41.7. The number of nitrogens with zero attached hydrogens (tertiary/aromatic N) is 8. The fraction of sp³-hybridized carbons (Fsp3) is 0. The zero-order chi connectivity index (χ0) is 85.0. The van der Waals surface area contributed by atoms with Gasteiger partial charge < -0.3 is 35.2 Å². The molecule has 0 fully saturated rings. The molecule has 0 aliphatic heterocycles. The molecule has 0 unspecified atom stereocenters. The van der Waals surface area contributed by atoms with Crippen molar-refractivity contribution >= 4 is 212 Å². The van der Waals surface area contributed by atoms with Crippen molar-refractivity contribution in [1.29, 1.82) is 0 Å². The van der Waals surface area contributed by atoms with E-state index in [4.69, 9.17) is 0 Å². The van der Waals surface area contributed by atoms with Crippen LogP contribution < -0.4 is 20.7 Å². The second kappa shape index (κ2) is 27.9. The van der Waals surface area contributed by atoms with Crippen LogP contribution in [0.5, 0.6) is 0 Å². The molecule has 0 N–H and O–H groups in total. The third kappa shape index (κ3) is 9.97. The Morgan fingerprint density at radius 3 is 0.677 bits per heavy atom. The number of benzene rings is 20. The molecular weight excluding hydrogens is 1610 g/mol. The number of para-hydroxylation sites is 11. The molecule has 8 heterocycles. The van der Waals surface area contributed by atoms with Gasteiger partial charge in [0.05, 0.1) is 44.1 Å². The molecular formula is C120H78N8Si2. The van der Waals surface area contributed by atoms with E-state index in [1.54, 1.807) is 0 Å². The molecule has 0 aliphatic rings. The number of aromatic nitrogens is 8. The van der Waals surface area contributed by atoms with Crippen LogP contribution in [0.15, 0.2) is 473 Å². The van der Waals surface area contributed by atoms with E-state index >= 15 is 0 Å². The lowest BCUT2D eigenvalue weighted by atomic mass is 9.99. The summed E-state index contributed by atoms with van der Waals surface area (Å²) in [6.07, 6.45) is 0. The van der Waals surface area contributed by atoms with Crippen LogP contribution in [-0.4, -0.2) is 52.0 Å². The van der Waals surface area contributed by atoms with Gasteiger partial charge >= 0.3 is 16.8 Å². The van der Waals surface area contributed by atoms with Gasteiger partial charge in [-0.3, -0.25) is 0 Å². The topological polar surface area (TPSA) is 39.4 Å². The van der Waals surface area contributed by atoms with E-state index in [1.165, 1.54) is 168 Å². The molecule has 606 valence electrons. The van der Waals surface area contributed by atoms with Gasteiger partial charge in [-0.25, -0.2) is 0 Å². The van der Waals surface area contributed by atoms with E-state index in [0.29, 0.717) is 0 Å². The van der Waals surface area contributed by atoms with Crippen LogP contribution in [0.4, 0.5) is 0 Å². The van der Waals surface area contributed by atoms with Gasteiger partial charge in [0.1, 0.15) is 0 Å². The summed E-state index contributed by atoms with van der Waals surface area (Å²) in [6, 6.07) is 180. The lowest BCUT2D eigenvalue weighted by molar-refractivity contribution is 1.14. The molecule has 0 amide bonds. The Kier molecular flexibility index (Phi) is 15.5. The van der Waals surface area contributed by atoms with E-state index < -0.39 is 16.8 Å². The average molecular weight is 1690 g/mol. The summed E-state index contributed by atoms with van der Waals surface area (Å²) < 4.78 is 21.2. The molecule has 0 saturated heterocycles. The van der Waals surface area contributed by atoms with Crippen LogP contribution in [0.2, 0.25) is 0 Å². The van der Waals surface area contributed by atoms with Gasteiger partial charge in [-0.2, -0.15) is 0 Å². The van der Waals surface area contributed by atoms with E-state index in [2.05, 4.69) is 508 Å². The van der Waals surface area contributed by atoms with Gasteiger partial charge in [-0.05, 0) is 177 Å². The quantitative estimate of drug-likeness (QED) is 0.103. The Hall–Kier alpha value is -16.8. The number of fused-ring (bicyclic) bond motifs is 24. The first kappa shape index (κ1) is 72.5. The largest absolute Gasteiger partial charge is 0.342 e. The summed E-state index contributed by atoms with van der Waals surface area (Å²) >= 11 is 0. The van der Waals surface area contributed by atoms with Crippen molar-refractivity contribution in [3.05, 3.63) is 473 Å². The Bertz CT molecular complexity index is 9180. The first-order valence-corrected chi connectivity index (χ1v) is 48.8. The first-order chi connectivity index (χ1) is 64.6. The molecule has 10 heteroatoms. The lowest BCUT2D eigenvalue weighted by Crippen LogP contribution is -2.69. The van der Waals surface area contributed by atoms with Crippen molar-refractivity contribution in [2.24, 2.45) is 0 Å². The van der Waals surface area contributed by atoms with Gasteiger partial charge in [0.25, 0.3) is 0 Å². The molecule has 0 radical (unpaired) electrons. The minimum atomic E-state index is -3.87. The van der Waals surface area contributed by atoms with Gasteiger partial charge in [0.2, 0.25) is 0 Å².